The second-order valence-electron chi connectivity index (χ2n) is 8.54. The molecule has 0 saturated carbocycles. The first-order chi connectivity index (χ1) is 15.4. The highest BCUT2D eigenvalue weighted by Crippen LogP contribution is 2.36. The van der Waals surface area contributed by atoms with Gasteiger partial charge in [-0.15, -0.1) is 0 Å². The molecule has 2 amide bonds. The van der Waals surface area contributed by atoms with Gasteiger partial charge < -0.3 is 15.3 Å². The number of nitrogens with one attached hydrogen (secondary N) is 1. The average Bonchev–Trinajstić information content (AvgIpc) is 2.81. The molecule has 2 aromatic rings. The quantitative estimate of drug-likeness (QED) is 0.726. The van der Waals surface area contributed by atoms with Crippen LogP contribution < -0.4 is 15.8 Å². The normalized spacial score (nSPS) is 21.5. The molecular formula is C22H23F3N4O4. The molecular weight excluding hydrogens is 441 g/mol. The maximum absolute atomic E-state index is 14.6. The van der Waals surface area contributed by atoms with Gasteiger partial charge in [-0.2, -0.15) is 0 Å². The molecule has 0 aliphatic carbocycles. The van der Waals surface area contributed by atoms with Crippen molar-refractivity contribution in [2.75, 3.05) is 11.7 Å². The molecule has 33 heavy (non-hydrogen) atoms. The molecule has 1 saturated heterocycles. The van der Waals surface area contributed by atoms with E-state index in [1.165, 1.54) is 31.0 Å². The molecule has 0 spiro atoms. The summed E-state index contributed by atoms with van der Waals surface area (Å²) in [6, 6.07) is 2.23. The number of rotatable bonds is 3. The molecule has 4 rings (SSSR count). The summed E-state index contributed by atoms with van der Waals surface area (Å²) in [5.41, 5.74) is -1.21. The van der Waals surface area contributed by atoms with Gasteiger partial charge in [0.05, 0.1) is 12.1 Å². The van der Waals surface area contributed by atoms with E-state index in [9.17, 15) is 32.7 Å². The number of aromatic hydroxyl groups is 1. The van der Waals surface area contributed by atoms with Crippen LogP contribution in [0.4, 0.5) is 13.2 Å². The maximum atomic E-state index is 14.6. The second kappa shape index (κ2) is 7.82. The van der Waals surface area contributed by atoms with Crippen LogP contribution in [0.25, 0.3) is 0 Å². The zero-order valence-corrected chi connectivity index (χ0v) is 18.2. The smallest absolute Gasteiger partial charge is 0.278 e. The van der Waals surface area contributed by atoms with Gasteiger partial charge in [0.1, 0.15) is 18.0 Å². The fourth-order valence-corrected chi connectivity index (χ4v) is 4.19. The first-order valence-corrected chi connectivity index (χ1v) is 10.4. The van der Waals surface area contributed by atoms with Gasteiger partial charge in [0.25, 0.3) is 17.7 Å². The highest BCUT2D eigenvalue weighted by atomic mass is 19.3. The van der Waals surface area contributed by atoms with Gasteiger partial charge in [-0.3, -0.25) is 24.1 Å². The zero-order valence-electron chi connectivity index (χ0n) is 18.2. The summed E-state index contributed by atoms with van der Waals surface area (Å²) in [6.45, 7) is 4.03. The molecule has 3 heterocycles. The van der Waals surface area contributed by atoms with Crippen LogP contribution in [-0.2, 0) is 6.54 Å². The van der Waals surface area contributed by atoms with Crippen LogP contribution in [0.15, 0.2) is 29.2 Å². The Morgan fingerprint density at radius 1 is 1.27 bits per heavy atom. The molecule has 2 aliphatic heterocycles. The van der Waals surface area contributed by atoms with Crippen molar-refractivity contribution in [3.05, 3.63) is 62.8 Å². The Labute approximate surface area is 187 Å². The number of pyridine rings is 1. The number of hydrogen-bond donors (Lipinski definition) is 2. The van der Waals surface area contributed by atoms with E-state index in [0.717, 1.165) is 15.8 Å². The number of benzene rings is 1. The van der Waals surface area contributed by atoms with Gasteiger partial charge in [-0.1, -0.05) is 12.1 Å². The molecule has 2 bridgehead atoms. The van der Waals surface area contributed by atoms with Crippen LogP contribution >= 0.6 is 0 Å². The summed E-state index contributed by atoms with van der Waals surface area (Å²) in [5.74, 6) is -6.56. The van der Waals surface area contributed by atoms with Gasteiger partial charge in [-0.25, -0.2) is 13.2 Å². The minimum atomic E-state index is -3.19. The van der Waals surface area contributed by atoms with Crippen molar-refractivity contribution in [2.45, 2.75) is 51.7 Å². The molecule has 176 valence electrons. The lowest BCUT2D eigenvalue weighted by molar-refractivity contribution is -0.0653. The largest absolute Gasteiger partial charge is 0.502 e. The molecule has 1 fully saturated rings. The van der Waals surface area contributed by atoms with E-state index in [4.69, 9.17) is 0 Å². The Morgan fingerprint density at radius 2 is 1.97 bits per heavy atom. The van der Waals surface area contributed by atoms with Gasteiger partial charge in [0, 0.05) is 24.7 Å². The van der Waals surface area contributed by atoms with Crippen LogP contribution in [0.1, 0.15) is 52.2 Å². The number of fused-ring (bicyclic) bond motifs is 4. The van der Waals surface area contributed by atoms with Crippen molar-refractivity contribution in [2.24, 2.45) is 0 Å². The lowest BCUT2D eigenvalue weighted by atomic mass is 10.0. The van der Waals surface area contributed by atoms with Crippen LogP contribution in [0.2, 0.25) is 0 Å². The zero-order chi connectivity index (χ0) is 24.2. The Bertz CT molecular complexity index is 1210. The number of alkyl halides is 2. The van der Waals surface area contributed by atoms with E-state index in [0.29, 0.717) is 5.56 Å². The van der Waals surface area contributed by atoms with Crippen molar-refractivity contribution < 1.29 is 27.9 Å². The Morgan fingerprint density at radius 3 is 2.64 bits per heavy atom. The predicted octanol–water partition coefficient (Wildman–Crippen LogP) is 2.10. The molecule has 8 nitrogen and oxygen atoms in total. The van der Waals surface area contributed by atoms with E-state index in [1.807, 2.05) is 0 Å². The van der Waals surface area contributed by atoms with Crippen LogP contribution in [0, 0.1) is 12.7 Å². The fraction of sp³-hybridized carbons (Fsp3) is 0.409. The first-order valence-electron chi connectivity index (χ1n) is 10.4. The number of hydrogen-bond acceptors (Lipinski definition) is 5. The molecule has 1 aromatic carbocycles. The third-order valence-corrected chi connectivity index (χ3v) is 6.25. The predicted molar refractivity (Wildman–Crippen MR) is 112 cm³/mol. The van der Waals surface area contributed by atoms with Gasteiger partial charge in [0.2, 0.25) is 5.43 Å². The average molecular weight is 464 g/mol. The fourth-order valence-electron chi connectivity index (χ4n) is 4.19. The Hall–Kier alpha value is -3.50. The van der Waals surface area contributed by atoms with Crippen molar-refractivity contribution in [3.8, 4) is 5.75 Å². The van der Waals surface area contributed by atoms with Crippen molar-refractivity contribution in [1.29, 1.82) is 0 Å². The summed E-state index contributed by atoms with van der Waals surface area (Å²) < 4.78 is 44.4. The molecule has 2 aliphatic rings. The molecule has 0 unspecified atom stereocenters. The summed E-state index contributed by atoms with van der Waals surface area (Å²) in [5, 5.41) is 14.3. The lowest BCUT2D eigenvalue weighted by Gasteiger charge is -2.41. The molecule has 2 N–H and O–H groups in total. The number of carbonyl (C=O) groups excluding carboxylic acids is 2. The van der Waals surface area contributed by atoms with E-state index >= 15 is 0 Å². The van der Waals surface area contributed by atoms with E-state index in [1.54, 1.807) is 13.0 Å². The van der Waals surface area contributed by atoms with Gasteiger partial charge in [0.15, 0.2) is 11.4 Å². The summed E-state index contributed by atoms with van der Waals surface area (Å²) in [6.07, 6.45) is 0.483. The number of nitrogens with zero attached hydrogens (tertiary/aromatic N) is 3. The van der Waals surface area contributed by atoms with Gasteiger partial charge in [-0.05, 0) is 32.4 Å². The molecule has 11 heteroatoms. The SMILES string of the molecule is Cc1ccc(CNC(=O)c2cn3c(c(O)c2=O)C(=O)N2CN3[C@H](C)CC(F)(F)[C@@H]2C)c(F)c1. The standard InChI is InChI=1S/C22H23F3N4O4/c1-11-4-5-14(16(23)6-11)8-26-20(32)15-9-28-17(19(31)18(15)30)21(33)27-10-29(28)12(2)7-22(24,25)13(27)3/h4-6,9,12-13,31H,7-8,10H2,1-3H3,(H,26,32)/t12-,13+/m1/s1. The van der Waals surface area contributed by atoms with E-state index in [-0.39, 0.29) is 18.8 Å². The van der Waals surface area contributed by atoms with Crippen molar-refractivity contribution in [1.82, 2.24) is 14.9 Å². The monoisotopic (exact) mass is 464 g/mol. The van der Waals surface area contributed by atoms with Crippen LogP contribution in [-0.4, -0.2) is 51.2 Å². The van der Waals surface area contributed by atoms with Crippen molar-refractivity contribution >= 4 is 11.8 Å². The third kappa shape index (κ3) is 3.70. The third-order valence-electron chi connectivity index (χ3n) is 6.25. The number of amides is 2. The molecule has 2 atom stereocenters. The maximum Gasteiger partial charge on any atom is 0.278 e. The lowest BCUT2D eigenvalue weighted by Crippen LogP contribution is -2.58. The van der Waals surface area contributed by atoms with Crippen LogP contribution in [0.3, 0.4) is 0 Å². The summed E-state index contributed by atoms with van der Waals surface area (Å²) in [4.78, 5) is 39.3. The number of carbonyl (C=O) groups is 2. The summed E-state index contributed by atoms with van der Waals surface area (Å²) >= 11 is 0. The minimum absolute atomic E-state index is 0.194. The first kappa shape index (κ1) is 22.7. The highest BCUT2D eigenvalue weighted by Gasteiger charge is 2.51. The Balaban J connectivity index is 1.72. The highest BCUT2D eigenvalue weighted by molar-refractivity contribution is 5.99. The van der Waals surface area contributed by atoms with Crippen LogP contribution in [0.5, 0.6) is 5.75 Å². The number of aromatic nitrogens is 1. The topological polar surface area (TPSA) is 94.9 Å². The van der Waals surface area contributed by atoms with Crippen molar-refractivity contribution in [3.63, 3.8) is 0 Å². The second-order valence-corrected chi connectivity index (χ2v) is 8.54. The molecule has 0 radical (unpaired) electrons. The number of halogens is 3. The molecule has 1 aromatic heterocycles. The summed E-state index contributed by atoms with van der Waals surface area (Å²) in [7, 11) is 0. The Kier molecular flexibility index (Phi) is 5.38. The van der Waals surface area contributed by atoms with Gasteiger partial charge >= 0.3 is 0 Å². The van der Waals surface area contributed by atoms with E-state index in [2.05, 4.69) is 5.32 Å². The van der Waals surface area contributed by atoms with E-state index < -0.39 is 64.5 Å². The minimum Gasteiger partial charge on any atom is -0.502 e. The number of aryl methyl sites for hydroxylation is 1.